The highest BCUT2D eigenvalue weighted by atomic mass is 16.1. The van der Waals surface area contributed by atoms with Crippen molar-refractivity contribution in [1.82, 2.24) is 14.8 Å². The van der Waals surface area contributed by atoms with Gasteiger partial charge in [-0.05, 0) is 61.6 Å². The van der Waals surface area contributed by atoms with Crippen LogP contribution in [0.25, 0.3) is 15.7 Å². The number of anilines is 1. The molecule has 6 nitrogen and oxygen atoms in total. The van der Waals surface area contributed by atoms with Gasteiger partial charge in [-0.15, -0.1) is 0 Å². The van der Waals surface area contributed by atoms with Crippen molar-refractivity contribution in [3.05, 3.63) is 69.7 Å². The molecule has 0 radical (unpaired) electrons. The fourth-order valence-corrected chi connectivity index (χ4v) is 7.73. The summed E-state index contributed by atoms with van der Waals surface area (Å²) in [7, 11) is 0. The highest BCUT2D eigenvalue weighted by molar-refractivity contribution is 6.20. The van der Waals surface area contributed by atoms with Gasteiger partial charge < -0.3 is 14.8 Å². The Labute approximate surface area is 251 Å². The number of nitrogens with one attached hydrogen (secondary N) is 1. The number of hydrogen-bond acceptors (Lipinski definition) is 4. The summed E-state index contributed by atoms with van der Waals surface area (Å²) in [4.78, 5) is 29.2. The van der Waals surface area contributed by atoms with Crippen LogP contribution in [0.2, 0.25) is 0 Å². The van der Waals surface area contributed by atoms with E-state index in [0.717, 1.165) is 52.8 Å². The van der Waals surface area contributed by atoms with E-state index in [0.29, 0.717) is 11.7 Å². The zero-order chi connectivity index (χ0) is 29.4. The third-order valence-electron chi connectivity index (χ3n) is 10.3. The molecule has 42 heavy (non-hydrogen) atoms. The van der Waals surface area contributed by atoms with Crippen molar-refractivity contribution >= 4 is 28.1 Å². The zero-order valence-electron chi connectivity index (χ0n) is 26.1. The average molecular weight is 566 g/mol. The lowest BCUT2D eigenvalue weighted by Gasteiger charge is -2.44. The molecule has 0 unspecified atom stereocenters. The predicted molar refractivity (Wildman–Crippen MR) is 173 cm³/mol. The molecule has 0 bridgehead atoms. The zero-order valence-corrected chi connectivity index (χ0v) is 26.1. The quantitative estimate of drug-likeness (QED) is 0.230. The van der Waals surface area contributed by atoms with Crippen LogP contribution in [0.5, 0.6) is 0 Å². The Morgan fingerprint density at radius 2 is 1.74 bits per heavy atom. The Bertz CT molecular complexity index is 1500. The first-order valence-electron chi connectivity index (χ1n) is 16.3. The number of piperidine rings is 1. The molecule has 0 spiro atoms. The van der Waals surface area contributed by atoms with E-state index in [1.54, 1.807) is 0 Å². The highest BCUT2D eigenvalue weighted by Gasteiger charge is 2.41. The Kier molecular flexibility index (Phi) is 8.18. The second-order valence-electron chi connectivity index (χ2n) is 13.2. The van der Waals surface area contributed by atoms with E-state index in [4.69, 9.17) is 6.57 Å². The van der Waals surface area contributed by atoms with Gasteiger partial charge in [-0.2, -0.15) is 0 Å². The summed E-state index contributed by atoms with van der Waals surface area (Å²) in [5.41, 5.74) is 7.39. The van der Waals surface area contributed by atoms with E-state index in [-0.39, 0.29) is 11.2 Å². The molecule has 0 saturated carbocycles. The summed E-state index contributed by atoms with van der Waals surface area (Å²) >= 11 is 0. The lowest BCUT2D eigenvalue weighted by Crippen LogP contribution is -2.53. The lowest BCUT2D eigenvalue weighted by atomic mass is 9.70. The molecule has 2 aromatic carbocycles. The second kappa shape index (κ2) is 11.9. The van der Waals surface area contributed by atoms with E-state index < -0.39 is 0 Å². The van der Waals surface area contributed by atoms with Crippen molar-refractivity contribution in [1.29, 1.82) is 0 Å². The topological polar surface area (TPSA) is 46.9 Å². The van der Waals surface area contributed by atoms with Crippen molar-refractivity contribution in [2.45, 2.75) is 84.1 Å². The van der Waals surface area contributed by atoms with Gasteiger partial charge in [0.2, 0.25) is 0 Å². The number of rotatable bonds is 8. The van der Waals surface area contributed by atoms with Gasteiger partial charge in [0, 0.05) is 78.6 Å². The van der Waals surface area contributed by atoms with Crippen molar-refractivity contribution in [3.8, 4) is 0 Å². The summed E-state index contributed by atoms with van der Waals surface area (Å²) in [6, 6.07) is 10.8. The molecule has 6 heteroatoms. The number of H-pyrrole nitrogens is 1. The first-order chi connectivity index (χ1) is 20.3. The Balaban J connectivity index is 1.18. The second-order valence-corrected chi connectivity index (χ2v) is 13.2. The summed E-state index contributed by atoms with van der Waals surface area (Å²) in [6.07, 6.45) is 8.71. The van der Waals surface area contributed by atoms with Gasteiger partial charge in [-0.25, -0.2) is 4.85 Å². The maximum atomic E-state index is 14.0. The molecule has 1 aromatic heterocycles. The number of piperazine rings is 1. The van der Waals surface area contributed by atoms with E-state index in [1.165, 1.54) is 82.5 Å². The Morgan fingerprint density at radius 3 is 2.43 bits per heavy atom. The van der Waals surface area contributed by atoms with E-state index in [1.807, 2.05) is 18.2 Å². The molecule has 222 valence electrons. The summed E-state index contributed by atoms with van der Waals surface area (Å²) < 4.78 is 0. The Morgan fingerprint density at radius 1 is 0.976 bits per heavy atom. The van der Waals surface area contributed by atoms with Gasteiger partial charge in [0.15, 0.2) is 11.5 Å². The van der Waals surface area contributed by atoms with E-state index in [9.17, 15) is 4.79 Å². The number of aromatic nitrogens is 1. The summed E-state index contributed by atoms with van der Waals surface area (Å²) in [6.45, 7) is 24.6. The Hall–Kier alpha value is -3.14. The molecule has 6 rings (SSSR count). The summed E-state index contributed by atoms with van der Waals surface area (Å²) in [5.74, 6) is 0.102. The fraction of sp³-hybridized carbons (Fsp3) is 0.556. The average Bonchev–Trinajstić information content (AvgIpc) is 3.42. The largest absolute Gasteiger partial charge is 0.371 e. The highest BCUT2D eigenvalue weighted by Crippen LogP contribution is 2.46. The molecule has 1 aliphatic carbocycles. The molecular formula is C36H47N5O. The number of aryl methyl sites for hydroxylation is 1. The first-order valence-corrected chi connectivity index (χ1v) is 16.3. The maximum Gasteiger partial charge on any atom is 0.195 e. The number of hydrogen-bond donors (Lipinski definition) is 1. The van der Waals surface area contributed by atoms with Gasteiger partial charge in [0.05, 0.1) is 12.1 Å². The first kappa shape index (κ1) is 29.0. The van der Waals surface area contributed by atoms with Crippen LogP contribution >= 0.6 is 0 Å². The molecule has 3 aromatic rings. The van der Waals surface area contributed by atoms with E-state index in [2.05, 4.69) is 64.4 Å². The standard InChI is InChI=1S/C36H47N5O/c1-6-8-9-10-15-39-18-20-40(21-19-39)27-13-16-41(17-14-27)32-24-30-29(22-25(32)7-2)34(42)33-28-12-11-26(37-5)23-31(28)38-35(33)36(30,3)4/h11-12,22-24,27,38H,6-10,13-21H2,1-4H3. The van der Waals surface area contributed by atoms with Crippen LogP contribution in [-0.4, -0.2) is 72.4 Å². The van der Waals surface area contributed by atoms with Crippen LogP contribution in [0, 0.1) is 6.57 Å². The SMILES string of the molecule is [C-]#[N+]c1ccc2c3c([nH]c2c1)C(C)(C)c1cc(N2CCC(N4CCN(CCCCCC)CC4)CC2)c(CC)cc1C3=O. The predicted octanol–water partition coefficient (Wildman–Crippen LogP) is 7.32. The van der Waals surface area contributed by atoms with Crippen LogP contribution in [-0.2, 0) is 11.8 Å². The smallest absolute Gasteiger partial charge is 0.195 e. The van der Waals surface area contributed by atoms with E-state index >= 15 is 0 Å². The lowest BCUT2D eigenvalue weighted by molar-refractivity contribution is 0.0839. The van der Waals surface area contributed by atoms with Crippen LogP contribution in [0.4, 0.5) is 11.4 Å². The van der Waals surface area contributed by atoms with Gasteiger partial charge in [0.1, 0.15) is 0 Å². The van der Waals surface area contributed by atoms with Crippen molar-refractivity contribution in [3.63, 3.8) is 0 Å². The minimum Gasteiger partial charge on any atom is -0.371 e. The molecule has 2 aliphatic heterocycles. The molecule has 0 amide bonds. The minimum atomic E-state index is -0.342. The van der Waals surface area contributed by atoms with Gasteiger partial charge >= 0.3 is 0 Å². The normalized spacial score (nSPS) is 19.6. The van der Waals surface area contributed by atoms with Gasteiger partial charge in [0.25, 0.3) is 0 Å². The fourth-order valence-electron chi connectivity index (χ4n) is 7.73. The van der Waals surface area contributed by atoms with Crippen LogP contribution in [0.15, 0.2) is 30.3 Å². The molecule has 2 fully saturated rings. The summed E-state index contributed by atoms with van der Waals surface area (Å²) in [5, 5.41) is 0.919. The number of benzene rings is 2. The van der Waals surface area contributed by atoms with Crippen molar-refractivity contribution in [2.24, 2.45) is 0 Å². The number of unbranched alkanes of at least 4 members (excludes halogenated alkanes) is 3. The molecule has 2 saturated heterocycles. The number of aromatic amines is 1. The number of fused-ring (bicyclic) bond motifs is 4. The molecule has 0 atom stereocenters. The minimum absolute atomic E-state index is 0.102. The van der Waals surface area contributed by atoms with Gasteiger partial charge in [-0.1, -0.05) is 59.1 Å². The number of nitrogens with zero attached hydrogens (tertiary/aromatic N) is 4. The van der Waals surface area contributed by atoms with Crippen LogP contribution < -0.4 is 4.90 Å². The third-order valence-corrected chi connectivity index (χ3v) is 10.3. The molecule has 1 N–H and O–H groups in total. The third kappa shape index (κ3) is 5.16. The molecular weight excluding hydrogens is 518 g/mol. The maximum absolute atomic E-state index is 14.0. The number of ketones is 1. The van der Waals surface area contributed by atoms with Crippen molar-refractivity contribution in [2.75, 3.05) is 50.7 Å². The number of carbonyl (C=O) groups excluding carboxylic acids is 1. The van der Waals surface area contributed by atoms with Crippen molar-refractivity contribution < 1.29 is 4.79 Å². The van der Waals surface area contributed by atoms with Crippen LogP contribution in [0.1, 0.15) is 99.0 Å². The van der Waals surface area contributed by atoms with Gasteiger partial charge in [-0.3, -0.25) is 9.69 Å². The number of carbonyl (C=O) groups is 1. The van der Waals surface area contributed by atoms with Crippen LogP contribution in [0.3, 0.4) is 0 Å². The molecule has 3 heterocycles. The monoisotopic (exact) mass is 565 g/mol. The molecule has 3 aliphatic rings.